The Labute approximate surface area is 200 Å². The van der Waals surface area contributed by atoms with Crippen LogP contribution >= 0.6 is 0 Å². The van der Waals surface area contributed by atoms with Gasteiger partial charge in [0.15, 0.2) is 0 Å². The van der Waals surface area contributed by atoms with Crippen molar-refractivity contribution >= 4 is 0 Å². The second-order valence-corrected chi connectivity index (χ2v) is 11.1. The minimum atomic E-state index is 0.864. The zero-order valence-electron chi connectivity index (χ0n) is 21.5. The predicted octanol–water partition coefficient (Wildman–Crippen LogP) is 9.77. The Kier molecular flexibility index (Phi) is 12.0. The molecule has 2 fully saturated rings. The molecule has 2 aliphatic rings. The first-order chi connectivity index (χ1) is 15.8. The number of benzene rings is 1. The summed E-state index contributed by atoms with van der Waals surface area (Å²) in [5.41, 5.74) is 1.49. The van der Waals surface area contributed by atoms with Crippen LogP contribution in [0.1, 0.15) is 129 Å². The van der Waals surface area contributed by atoms with Gasteiger partial charge in [0.25, 0.3) is 0 Å². The van der Waals surface area contributed by atoms with Crippen LogP contribution in [0.25, 0.3) is 0 Å². The maximum Gasteiger partial charge on any atom is 0.119 e. The average molecular weight is 441 g/mol. The molecule has 0 aromatic heterocycles. The highest BCUT2D eigenvalue weighted by Crippen LogP contribution is 2.43. The molecule has 1 aromatic carbocycles. The monoisotopic (exact) mass is 440 g/mol. The fourth-order valence-electron chi connectivity index (χ4n) is 6.42. The lowest BCUT2D eigenvalue weighted by Gasteiger charge is -2.38. The van der Waals surface area contributed by atoms with E-state index in [4.69, 9.17) is 4.74 Å². The fourth-order valence-corrected chi connectivity index (χ4v) is 6.42. The van der Waals surface area contributed by atoms with Gasteiger partial charge in [-0.1, -0.05) is 96.6 Å². The van der Waals surface area contributed by atoms with Crippen molar-refractivity contribution in [1.29, 1.82) is 0 Å². The minimum Gasteiger partial charge on any atom is -0.494 e. The molecule has 32 heavy (non-hydrogen) atoms. The Morgan fingerprint density at radius 1 is 0.625 bits per heavy atom. The molecule has 0 saturated heterocycles. The summed E-state index contributed by atoms with van der Waals surface area (Å²) in [7, 11) is 0. The highest BCUT2D eigenvalue weighted by atomic mass is 16.5. The summed E-state index contributed by atoms with van der Waals surface area (Å²) >= 11 is 0. The summed E-state index contributed by atoms with van der Waals surface area (Å²) in [6.45, 7) is 5.45. The summed E-state index contributed by atoms with van der Waals surface area (Å²) < 4.78 is 5.90. The summed E-state index contributed by atoms with van der Waals surface area (Å²) in [5.74, 6) is 5.19. The SMILES string of the molecule is CCCCCCOc1ccc(CCC2CCC(C3CCC(CCCCC)CC3)CC2)cc1. The van der Waals surface area contributed by atoms with E-state index >= 15 is 0 Å². The van der Waals surface area contributed by atoms with Crippen LogP contribution in [0.5, 0.6) is 5.75 Å². The van der Waals surface area contributed by atoms with Crippen molar-refractivity contribution < 1.29 is 4.74 Å². The molecule has 182 valence electrons. The number of rotatable bonds is 14. The van der Waals surface area contributed by atoms with Crippen molar-refractivity contribution in [2.24, 2.45) is 23.7 Å². The Balaban J connectivity index is 1.27. The van der Waals surface area contributed by atoms with E-state index < -0.39 is 0 Å². The van der Waals surface area contributed by atoms with Gasteiger partial charge in [0, 0.05) is 0 Å². The normalized spacial score (nSPS) is 26.2. The molecule has 0 amide bonds. The quantitative estimate of drug-likeness (QED) is 0.261. The largest absolute Gasteiger partial charge is 0.494 e. The third-order valence-electron chi connectivity index (χ3n) is 8.70. The van der Waals surface area contributed by atoms with Gasteiger partial charge in [0.2, 0.25) is 0 Å². The molecule has 1 aromatic rings. The Morgan fingerprint density at radius 2 is 1.19 bits per heavy atom. The van der Waals surface area contributed by atoms with Gasteiger partial charge in [0.1, 0.15) is 5.75 Å². The van der Waals surface area contributed by atoms with Gasteiger partial charge >= 0.3 is 0 Å². The lowest BCUT2D eigenvalue weighted by Crippen LogP contribution is -2.26. The van der Waals surface area contributed by atoms with Crippen molar-refractivity contribution in [2.45, 2.75) is 129 Å². The molecule has 0 unspecified atom stereocenters. The van der Waals surface area contributed by atoms with Gasteiger partial charge < -0.3 is 4.74 Å². The zero-order valence-corrected chi connectivity index (χ0v) is 21.5. The zero-order chi connectivity index (χ0) is 22.4. The van der Waals surface area contributed by atoms with E-state index in [0.29, 0.717) is 0 Å². The van der Waals surface area contributed by atoms with Crippen molar-refractivity contribution in [3.8, 4) is 5.75 Å². The van der Waals surface area contributed by atoms with E-state index in [0.717, 1.165) is 36.0 Å². The van der Waals surface area contributed by atoms with Gasteiger partial charge in [-0.3, -0.25) is 0 Å². The second kappa shape index (κ2) is 15.0. The molecule has 2 saturated carbocycles. The third kappa shape index (κ3) is 9.11. The lowest BCUT2D eigenvalue weighted by atomic mass is 9.68. The Bertz CT molecular complexity index is 575. The van der Waals surface area contributed by atoms with E-state index in [1.165, 1.54) is 108 Å². The van der Waals surface area contributed by atoms with E-state index in [-0.39, 0.29) is 0 Å². The molecule has 1 heteroatoms. The molecule has 0 spiro atoms. The summed E-state index contributed by atoms with van der Waals surface area (Å²) in [6.07, 6.45) is 25.7. The topological polar surface area (TPSA) is 9.23 Å². The van der Waals surface area contributed by atoms with Gasteiger partial charge in [-0.15, -0.1) is 0 Å². The predicted molar refractivity (Wildman–Crippen MR) is 139 cm³/mol. The second-order valence-electron chi connectivity index (χ2n) is 11.1. The molecule has 2 aliphatic carbocycles. The van der Waals surface area contributed by atoms with E-state index in [2.05, 4.69) is 38.1 Å². The van der Waals surface area contributed by atoms with Crippen LogP contribution in [0.4, 0.5) is 0 Å². The molecule has 0 radical (unpaired) electrons. The van der Waals surface area contributed by atoms with Crippen molar-refractivity contribution in [2.75, 3.05) is 6.61 Å². The van der Waals surface area contributed by atoms with Crippen LogP contribution in [-0.4, -0.2) is 6.61 Å². The molecule has 0 aliphatic heterocycles. The Hall–Kier alpha value is -0.980. The highest BCUT2D eigenvalue weighted by Gasteiger charge is 2.30. The summed E-state index contributed by atoms with van der Waals surface area (Å²) in [5, 5.41) is 0. The van der Waals surface area contributed by atoms with Gasteiger partial charge in [-0.2, -0.15) is 0 Å². The molecule has 0 atom stereocenters. The smallest absolute Gasteiger partial charge is 0.119 e. The standard InChI is InChI=1S/C31H52O/c1-3-5-7-9-25-32-31-23-17-28(18-24-31)12-11-27-15-21-30(22-16-27)29-19-13-26(14-20-29)10-8-6-4-2/h17-18,23-24,26-27,29-30H,3-16,19-22,25H2,1-2H3. The van der Waals surface area contributed by atoms with E-state index in [9.17, 15) is 0 Å². The molecular formula is C31H52O. The maximum atomic E-state index is 5.90. The van der Waals surface area contributed by atoms with Crippen LogP contribution in [0.3, 0.4) is 0 Å². The van der Waals surface area contributed by atoms with Gasteiger partial charge in [0.05, 0.1) is 6.61 Å². The maximum absolute atomic E-state index is 5.90. The fraction of sp³-hybridized carbons (Fsp3) is 0.806. The third-order valence-corrected chi connectivity index (χ3v) is 8.70. The number of hydrogen-bond donors (Lipinski definition) is 0. The van der Waals surface area contributed by atoms with Crippen LogP contribution in [-0.2, 0) is 6.42 Å². The van der Waals surface area contributed by atoms with Crippen LogP contribution in [0, 0.1) is 23.7 Å². The summed E-state index contributed by atoms with van der Waals surface area (Å²) in [6, 6.07) is 8.97. The minimum absolute atomic E-state index is 0.864. The first-order valence-corrected chi connectivity index (χ1v) is 14.5. The van der Waals surface area contributed by atoms with Crippen LogP contribution in [0.15, 0.2) is 24.3 Å². The molecule has 0 N–H and O–H groups in total. The number of aryl methyl sites for hydroxylation is 1. The van der Waals surface area contributed by atoms with Crippen molar-refractivity contribution in [3.63, 3.8) is 0 Å². The van der Waals surface area contributed by atoms with Crippen LogP contribution < -0.4 is 4.74 Å². The first-order valence-electron chi connectivity index (χ1n) is 14.5. The molecule has 1 nitrogen and oxygen atoms in total. The van der Waals surface area contributed by atoms with Gasteiger partial charge in [-0.05, 0) is 86.3 Å². The van der Waals surface area contributed by atoms with E-state index in [1.807, 2.05) is 0 Å². The highest BCUT2D eigenvalue weighted by molar-refractivity contribution is 5.27. The first kappa shape index (κ1) is 25.6. The number of hydrogen-bond acceptors (Lipinski definition) is 1. The van der Waals surface area contributed by atoms with Crippen molar-refractivity contribution in [1.82, 2.24) is 0 Å². The lowest BCUT2D eigenvalue weighted by molar-refractivity contribution is 0.140. The van der Waals surface area contributed by atoms with Crippen molar-refractivity contribution in [3.05, 3.63) is 29.8 Å². The number of unbranched alkanes of at least 4 members (excludes halogenated alkanes) is 5. The molecular weight excluding hydrogens is 388 g/mol. The average Bonchev–Trinajstić information content (AvgIpc) is 2.84. The van der Waals surface area contributed by atoms with Crippen LogP contribution in [0.2, 0.25) is 0 Å². The molecule has 0 bridgehead atoms. The molecule has 0 heterocycles. The number of ether oxygens (including phenoxy) is 1. The molecule has 3 rings (SSSR count). The summed E-state index contributed by atoms with van der Waals surface area (Å²) in [4.78, 5) is 0. The van der Waals surface area contributed by atoms with E-state index in [1.54, 1.807) is 12.8 Å². The Morgan fingerprint density at radius 3 is 1.78 bits per heavy atom. The van der Waals surface area contributed by atoms with Gasteiger partial charge in [-0.25, -0.2) is 0 Å².